The number of anilines is 2. The first-order valence-corrected chi connectivity index (χ1v) is 6.18. The van der Waals surface area contributed by atoms with Gasteiger partial charge in [-0.1, -0.05) is 0 Å². The third-order valence-corrected chi connectivity index (χ3v) is 3.06. The molecular weight excluding hydrogens is 230 g/mol. The highest BCUT2D eigenvalue weighted by Crippen LogP contribution is 2.20. The summed E-state index contributed by atoms with van der Waals surface area (Å²) in [5.41, 5.74) is 7.64. The van der Waals surface area contributed by atoms with Crippen LogP contribution in [-0.2, 0) is 4.74 Å². The van der Waals surface area contributed by atoms with E-state index in [0.29, 0.717) is 17.8 Å². The molecule has 18 heavy (non-hydrogen) atoms. The summed E-state index contributed by atoms with van der Waals surface area (Å²) in [5.74, 6) is -0.142. The number of amides is 1. The van der Waals surface area contributed by atoms with Crippen LogP contribution in [0.5, 0.6) is 0 Å². The van der Waals surface area contributed by atoms with Gasteiger partial charge in [-0.15, -0.1) is 0 Å². The Labute approximate surface area is 107 Å². The Hall–Kier alpha value is -1.75. The first kappa shape index (κ1) is 12.7. The van der Waals surface area contributed by atoms with Crippen molar-refractivity contribution < 1.29 is 9.53 Å². The van der Waals surface area contributed by atoms with Crippen molar-refractivity contribution in [1.29, 1.82) is 0 Å². The van der Waals surface area contributed by atoms with Crippen molar-refractivity contribution in [1.82, 2.24) is 5.32 Å². The average molecular weight is 249 g/mol. The van der Waals surface area contributed by atoms with Crippen molar-refractivity contribution in [3.8, 4) is 0 Å². The number of hydrogen-bond donors (Lipinski definition) is 3. The molecule has 1 atom stereocenters. The molecule has 0 aromatic heterocycles. The number of benzene rings is 1. The summed E-state index contributed by atoms with van der Waals surface area (Å²) in [5, 5.41) is 5.87. The van der Waals surface area contributed by atoms with E-state index in [2.05, 4.69) is 10.6 Å². The second-order valence-corrected chi connectivity index (χ2v) is 4.40. The third kappa shape index (κ3) is 2.92. The smallest absolute Gasteiger partial charge is 0.253 e. The third-order valence-electron chi connectivity index (χ3n) is 3.06. The summed E-state index contributed by atoms with van der Waals surface area (Å²) in [6, 6.07) is 5.29. The molecule has 1 aromatic carbocycles. The van der Waals surface area contributed by atoms with Gasteiger partial charge in [0.25, 0.3) is 5.91 Å². The highest BCUT2D eigenvalue weighted by atomic mass is 16.5. The molecule has 1 aromatic rings. The number of nitrogens with two attached hydrogens (primary N) is 1. The van der Waals surface area contributed by atoms with Gasteiger partial charge >= 0.3 is 0 Å². The van der Waals surface area contributed by atoms with Crippen LogP contribution >= 0.6 is 0 Å². The van der Waals surface area contributed by atoms with Crippen LogP contribution in [0, 0.1) is 0 Å². The van der Waals surface area contributed by atoms with Gasteiger partial charge in [0.2, 0.25) is 0 Å². The van der Waals surface area contributed by atoms with E-state index >= 15 is 0 Å². The summed E-state index contributed by atoms with van der Waals surface area (Å²) < 4.78 is 5.54. The van der Waals surface area contributed by atoms with E-state index in [9.17, 15) is 4.79 Å². The summed E-state index contributed by atoms with van der Waals surface area (Å²) in [6.45, 7) is 1.55. The van der Waals surface area contributed by atoms with E-state index in [-0.39, 0.29) is 12.0 Å². The van der Waals surface area contributed by atoms with E-state index in [1.807, 2.05) is 6.07 Å². The van der Waals surface area contributed by atoms with E-state index in [4.69, 9.17) is 10.5 Å². The minimum Gasteiger partial charge on any atom is -0.399 e. The summed E-state index contributed by atoms with van der Waals surface area (Å²) in [6.07, 6.45) is 2.41. The molecule has 0 unspecified atom stereocenters. The number of nitrogen functional groups attached to an aromatic ring is 1. The molecule has 0 aliphatic carbocycles. The predicted octanol–water partition coefficient (Wildman–Crippen LogP) is 1.22. The fraction of sp³-hybridized carbons (Fsp3) is 0.462. The number of hydrogen-bond acceptors (Lipinski definition) is 4. The molecule has 1 fully saturated rings. The van der Waals surface area contributed by atoms with Crippen LogP contribution < -0.4 is 16.4 Å². The predicted molar refractivity (Wildman–Crippen MR) is 71.7 cm³/mol. The molecule has 98 valence electrons. The molecule has 0 spiro atoms. The normalized spacial score (nSPS) is 18.6. The molecule has 0 radical (unpaired) electrons. The lowest BCUT2D eigenvalue weighted by molar-refractivity contribution is 0.0963. The molecule has 1 heterocycles. The van der Waals surface area contributed by atoms with E-state index in [1.165, 1.54) is 0 Å². The topological polar surface area (TPSA) is 76.4 Å². The molecular formula is C13H19N3O2. The van der Waals surface area contributed by atoms with Gasteiger partial charge in [0, 0.05) is 31.6 Å². The Morgan fingerprint density at radius 3 is 3.06 bits per heavy atom. The maximum Gasteiger partial charge on any atom is 0.253 e. The minimum absolute atomic E-state index is 0.142. The van der Waals surface area contributed by atoms with Gasteiger partial charge in [-0.05, 0) is 31.0 Å². The van der Waals surface area contributed by atoms with E-state index in [1.54, 1.807) is 19.2 Å². The van der Waals surface area contributed by atoms with E-state index in [0.717, 1.165) is 25.1 Å². The number of carbonyl (C=O) groups excluding carboxylic acids is 1. The average Bonchev–Trinajstić information content (AvgIpc) is 2.89. The SMILES string of the molecule is CNC(=O)c1cc(N)ccc1NC[C@H]1CCCO1. The molecule has 1 aliphatic rings. The maximum atomic E-state index is 11.7. The molecule has 1 aliphatic heterocycles. The zero-order valence-corrected chi connectivity index (χ0v) is 10.5. The molecule has 5 heteroatoms. The first-order valence-electron chi connectivity index (χ1n) is 6.18. The highest BCUT2D eigenvalue weighted by molar-refractivity contribution is 6.00. The van der Waals surface area contributed by atoms with Crippen LogP contribution in [0.3, 0.4) is 0 Å². The van der Waals surface area contributed by atoms with Gasteiger partial charge in [0.05, 0.1) is 11.7 Å². The van der Waals surface area contributed by atoms with Crippen molar-refractivity contribution in [3.63, 3.8) is 0 Å². The Kier molecular flexibility index (Phi) is 4.04. The van der Waals surface area contributed by atoms with Crippen LogP contribution in [-0.4, -0.2) is 32.2 Å². The van der Waals surface area contributed by atoms with Crippen molar-refractivity contribution in [2.75, 3.05) is 31.2 Å². The standard InChI is InChI=1S/C13H19N3O2/c1-15-13(17)11-7-9(14)4-5-12(11)16-8-10-3-2-6-18-10/h4-5,7,10,16H,2-3,6,8,14H2,1H3,(H,15,17)/t10-/m1/s1. The molecule has 1 saturated heterocycles. The Bertz CT molecular complexity index is 428. The van der Waals surface area contributed by atoms with Crippen LogP contribution in [0.1, 0.15) is 23.2 Å². The zero-order chi connectivity index (χ0) is 13.0. The van der Waals surface area contributed by atoms with Gasteiger partial charge in [-0.2, -0.15) is 0 Å². The van der Waals surface area contributed by atoms with Gasteiger partial charge in [-0.3, -0.25) is 4.79 Å². The monoisotopic (exact) mass is 249 g/mol. The lowest BCUT2D eigenvalue weighted by Gasteiger charge is -2.15. The van der Waals surface area contributed by atoms with Crippen molar-refractivity contribution in [3.05, 3.63) is 23.8 Å². The van der Waals surface area contributed by atoms with Crippen molar-refractivity contribution in [2.45, 2.75) is 18.9 Å². The molecule has 0 bridgehead atoms. The molecule has 5 nitrogen and oxygen atoms in total. The Morgan fingerprint density at radius 1 is 1.56 bits per heavy atom. The van der Waals surface area contributed by atoms with Crippen LogP contribution in [0.4, 0.5) is 11.4 Å². The summed E-state index contributed by atoms with van der Waals surface area (Å²) in [7, 11) is 1.61. The second kappa shape index (κ2) is 5.73. The summed E-state index contributed by atoms with van der Waals surface area (Å²) >= 11 is 0. The van der Waals surface area contributed by atoms with Gasteiger partial charge in [-0.25, -0.2) is 0 Å². The molecule has 2 rings (SSSR count). The lowest BCUT2D eigenvalue weighted by Crippen LogP contribution is -2.23. The maximum absolute atomic E-state index is 11.7. The number of carbonyl (C=O) groups is 1. The van der Waals surface area contributed by atoms with Gasteiger partial charge in [0.1, 0.15) is 0 Å². The number of rotatable bonds is 4. The largest absolute Gasteiger partial charge is 0.399 e. The quantitative estimate of drug-likeness (QED) is 0.701. The van der Waals surface area contributed by atoms with Gasteiger partial charge < -0.3 is 21.1 Å². The van der Waals surface area contributed by atoms with Gasteiger partial charge in [0.15, 0.2) is 0 Å². The molecule has 4 N–H and O–H groups in total. The lowest BCUT2D eigenvalue weighted by atomic mass is 10.1. The Morgan fingerprint density at radius 2 is 2.39 bits per heavy atom. The second-order valence-electron chi connectivity index (χ2n) is 4.40. The van der Waals surface area contributed by atoms with E-state index < -0.39 is 0 Å². The van der Waals surface area contributed by atoms with Crippen LogP contribution in [0.2, 0.25) is 0 Å². The van der Waals surface area contributed by atoms with Crippen LogP contribution in [0.15, 0.2) is 18.2 Å². The number of ether oxygens (including phenoxy) is 1. The fourth-order valence-corrected chi connectivity index (χ4v) is 2.07. The summed E-state index contributed by atoms with van der Waals surface area (Å²) in [4.78, 5) is 11.7. The fourth-order valence-electron chi connectivity index (χ4n) is 2.07. The molecule has 0 saturated carbocycles. The number of nitrogens with one attached hydrogen (secondary N) is 2. The molecule has 1 amide bonds. The van der Waals surface area contributed by atoms with Crippen molar-refractivity contribution in [2.24, 2.45) is 0 Å². The van der Waals surface area contributed by atoms with Crippen molar-refractivity contribution >= 4 is 17.3 Å². The zero-order valence-electron chi connectivity index (χ0n) is 10.5. The highest BCUT2D eigenvalue weighted by Gasteiger charge is 2.16. The minimum atomic E-state index is -0.142. The van der Waals surface area contributed by atoms with Crippen LogP contribution in [0.25, 0.3) is 0 Å². The Balaban J connectivity index is 2.08. The first-order chi connectivity index (χ1) is 8.70.